The van der Waals surface area contributed by atoms with Crippen molar-refractivity contribution in [3.8, 4) is 0 Å². The fraction of sp³-hybridized carbons (Fsp3) is 0.0714. The summed E-state index contributed by atoms with van der Waals surface area (Å²) < 4.78 is 0. The van der Waals surface area contributed by atoms with E-state index in [9.17, 15) is 9.59 Å². The first-order valence-corrected chi connectivity index (χ1v) is 5.89. The molecule has 1 aromatic carbocycles. The monoisotopic (exact) mass is 271 g/mol. The Morgan fingerprint density at radius 3 is 2.60 bits per heavy atom. The molecule has 0 radical (unpaired) electrons. The number of nitrogens with zero attached hydrogens (tertiary/aromatic N) is 1. The molecule has 2 rings (SSSR count). The summed E-state index contributed by atoms with van der Waals surface area (Å²) in [5.41, 5.74) is 1.43. The highest BCUT2D eigenvalue weighted by molar-refractivity contribution is 6.05. The van der Waals surface area contributed by atoms with Gasteiger partial charge in [-0.1, -0.05) is 12.1 Å². The third-order valence-electron chi connectivity index (χ3n) is 2.65. The number of hydrogen-bond acceptors (Lipinski definition) is 3. The van der Waals surface area contributed by atoms with Crippen LogP contribution in [0.25, 0.3) is 0 Å². The van der Waals surface area contributed by atoms with Gasteiger partial charge in [-0.25, -0.2) is 9.59 Å². The molecule has 0 aliphatic heterocycles. The van der Waals surface area contributed by atoms with Crippen LogP contribution in [0.4, 0.5) is 16.2 Å². The largest absolute Gasteiger partial charge is 0.478 e. The van der Waals surface area contributed by atoms with E-state index in [0.29, 0.717) is 11.3 Å². The molecular weight excluding hydrogens is 258 g/mol. The average molecular weight is 271 g/mol. The lowest BCUT2D eigenvalue weighted by atomic mass is 10.1. The van der Waals surface area contributed by atoms with Crippen LogP contribution in [0.1, 0.15) is 15.9 Å². The van der Waals surface area contributed by atoms with Crippen LogP contribution in [0, 0.1) is 6.92 Å². The van der Waals surface area contributed by atoms with Crippen LogP contribution < -0.4 is 10.6 Å². The smallest absolute Gasteiger partial charge is 0.338 e. The number of urea groups is 1. The SMILES string of the molecule is Cc1cccc(NC(=O)Nc2cccnc2)c1C(=O)O. The Balaban J connectivity index is 2.16. The van der Waals surface area contributed by atoms with Crippen molar-refractivity contribution < 1.29 is 14.7 Å². The van der Waals surface area contributed by atoms with Crippen molar-refractivity contribution in [3.63, 3.8) is 0 Å². The lowest BCUT2D eigenvalue weighted by Gasteiger charge is -2.11. The summed E-state index contributed by atoms with van der Waals surface area (Å²) in [5, 5.41) is 14.3. The molecule has 1 aromatic heterocycles. The molecule has 1 heterocycles. The van der Waals surface area contributed by atoms with Gasteiger partial charge in [-0.15, -0.1) is 0 Å². The summed E-state index contributed by atoms with van der Waals surface area (Å²) in [6, 6.07) is 7.74. The van der Waals surface area contributed by atoms with Gasteiger partial charge >= 0.3 is 12.0 Å². The Morgan fingerprint density at radius 2 is 1.95 bits per heavy atom. The number of aryl methyl sites for hydroxylation is 1. The molecule has 0 aliphatic carbocycles. The number of carboxylic acid groups (broad SMARTS) is 1. The van der Waals surface area contributed by atoms with E-state index < -0.39 is 12.0 Å². The summed E-state index contributed by atoms with van der Waals surface area (Å²) in [6.07, 6.45) is 3.08. The summed E-state index contributed by atoms with van der Waals surface area (Å²) in [5.74, 6) is -1.08. The summed E-state index contributed by atoms with van der Waals surface area (Å²) in [6.45, 7) is 1.67. The molecule has 0 atom stereocenters. The number of hydrogen-bond donors (Lipinski definition) is 3. The van der Waals surface area contributed by atoms with Crippen LogP contribution in [0.2, 0.25) is 0 Å². The Bertz CT molecular complexity index is 641. The molecule has 0 fully saturated rings. The zero-order chi connectivity index (χ0) is 14.5. The molecule has 2 amide bonds. The predicted molar refractivity (Wildman–Crippen MR) is 75.0 cm³/mol. The van der Waals surface area contributed by atoms with Gasteiger partial charge in [-0.2, -0.15) is 0 Å². The van der Waals surface area contributed by atoms with Gasteiger partial charge in [0.05, 0.1) is 23.1 Å². The minimum Gasteiger partial charge on any atom is -0.478 e. The first-order chi connectivity index (χ1) is 9.58. The second kappa shape index (κ2) is 5.83. The normalized spacial score (nSPS) is 9.85. The molecule has 102 valence electrons. The van der Waals surface area contributed by atoms with Gasteiger partial charge in [-0.3, -0.25) is 4.98 Å². The fourth-order valence-electron chi connectivity index (χ4n) is 1.78. The van der Waals surface area contributed by atoms with Crippen molar-refractivity contribution in [2.75, 3.05) is 10.6 Å². The average Bonchev–Trinajstić information content (AvgIpc) is 2.39. The van der Waals surface area contributed by atoms with E-state index >= 15 is 0 Å². The number of aromatic carboxylic acids is 1. The Hall–Kier alpha value is -2.89. The van der Waals surface area contributed by atoms with Crippen molar-refractivity contribution in [1.29, 1.82) is 0 Å². The highest BCUT2D eigenvalue weighted by Crippen LogP contribution is 2.19. The topological polar surface area (TPSA) is 91.3 Å². The second-order valence-corrected chi connectivity index (χ2v) is 4.12. The standard InChI is InChI=1S/C14H13N3O3/c1-9-4-2-6-11(12(9)13(18)19)17-14(20)16-10-5-3-7-15-8-10/h2-8H,1H3,(H,18,19)(H2,16,17,20). The fourth-order valence-corrected chi connectivity index (χ4v) is 1.78. The summed E-state index contributed by atoms with van der Waals surface area (Å²) >= 11 is 0. The molecule has 0 spiro atoms. The zero-order valence-corrected chi connectivity index (χ0v) is 10.8. The van der Waals surface area contributed by atoms with Crippen LogP contribution in [0.15, 0.2) is 42.7 Å². The van der Waals surface area contributed by atoms with Gasteiger partial charge < -0.3 is 15.7 Å². The number of aromatic nitrogens is 1. The van der Waals surface area contributed by atoms with E-state index in [1.165, 1.54) is 6.20 Å². The Kier molecular flexibility index (Phi) is 3.95. The second-order valence-electron chi connectivity index (χ2n) is 4.12. The minimum atomic E-state index is -1.08. The van der Waals surface area contributed by atoms with Crippen molar-refractivity contribution in [1.82, 2.24) is 4.98 Å². The third-order valence-corrected chi connectivity index (χ3v) is 2.65. The minimum absolute atomic E-state index is 0.0776. The number of rotatable bonds is 3. The molecule has 0 aliphatic rings. The molecule has 0 saturated heterocycles. The van der Waals surface area contributed by atoms with Crippen LogP contribution >= 0.6 is 0 Å². The maximum Gasteiger partial charge on any atom is 0.338 e. The molecule has 6 nitrogen and oxygen atoms in total. The van der Waals surface area contributed by atoms with Crippen LogP contribution in [-0.4, -0.2) is 22.1 Å². The number of nitrogens with one attached hydrogen (secondary N) is 2. The molecular formula is C14H13N3O3. The molecule has 20 heavy (non-hydrogen) atoms. The van der Waals surface area contributed by atoms with E-state index in [4.69, 9.17) is 5.11 Å². The van der Waals surface area contributed by atoms with Crippen LogP contribution in [-0.2, 0) is 0 Å². The molecule has 3 N–H and O–H groups in total. The van der Waals surface area contributed by atoms with Gasteiger partial charge in [0.1, 0.15) is 0 Å². The molecule has 6 heteroatoms. The van der Waals surface area contributed by atoms with Crippen molar-refractivity contribution >= 4 is 23.4 Å². The highest BCUT2D eigenvalue weighted by Gasteiger charge is 2.14. The van der Waals surface area contributed by atoms with Gasteiger partial charge in [0.2, 0.25) is 0 Å². The summed E-state index contributed by atoms with van der Waals surface area (Å²) in [4.78, 5) is 26.9. The van der Waals surface area contributed by atoms with E-state index in [2.05, 4.69) is 15.6 Å². The number of pyridine rings is 1. The van der Waals surface area contributed by atoms with Crippen molar-refractivity contribution in [2.45, 2.75) is 6.92 Å². The number of anilines is 2. The number of benzene rings is 1. The van der Waals surface area contributed by atoms with Gasteiger partial charge in [0, 0.05) is 6.20 Å². The first kappa shape index (κ1) is 13.5. The lowest BCUT2D eigenvalue weighted by Crippen LogP contribution is -2.21. The maximum atomic E-state index is 11.8. The first-order valence-electron chi connectivity index (χ1n) is 5.89. The highest BCUT2D eigenvalue weighted by atomic mass is 16.4. The predicted octanol–water partition coefficient (Wildman–Crippen LogP) is 2.73. The van der Waals surface area contributed by atoms with Crippen molar-refractivity contribution in [3.05, 3.63) is 53.9 Å². The molecule has 2 aromatic rings. The Morgan fingerprint density at radius 1 is 1.15 bits per heavy atom. The van der Waals surface area contributed by atoms with Crippen LogP contribution in [0.3, 0.4) is 0 Å². The number of amides is 2. The van der Waals surface area contributed by atoms with E-state index in [1.807, 2.05) is 0 Å². The van der Waals surface area contributed by atoms with Gasteiger partial charge in [0.25, 0.3) is 0 Å². The van der Waals surface area contributed by atoms with Gasteiger partial charge in [-0.05, 0) is 30.7 Å². The number of carboxylic acids is 1. The molecule has 0 saturated carbocycles. The van der Waals surface area contributed by atoms with Crippen molar-refractivity contribution in [2.24, 2.45) is 0 Å². The third kappa shape index (κ3) is 3.11. The van der Waals surface area contributed by atoms with E-state index in [-0.39, 0.29) is 11.3 Å². The van der Waals surface area contributed by atoms with Crippen LogP contribution in [0.5, 0.6) is 0 Å². The molecule has 0 unspecified atom stereocenters. The van der Waals surface area contributed by atoms with Gasteiger partial charge in [0.15, 0.2) is 0 Å². The van der Waals surface area contributed by atoms with E-state index in [0.717, 1.165) is 0 Å². The number of carbonyl (C=O) groups is 2. The Labute approximate surface area is 115 Å². The summed E-state index contributed by atoms with van der Waals surface area (Å²) in [7, 11) is 0. The quantitative estimate of drug-likeness (QED) is 0.800. The van der Waals surface area contributed by atoms with E-state index in [1.54, 1.807) is 43.5 Å². The number of carbonyl (C=O) groups excluding carboxylic acids is 1. The lowest BCUT2D eigenvalue weighted by molar-refractivity contribution is 0.0697. The zero-order valence-electron chi connectivity index (χ0n) is 10.8. The maximum absolute atomic E-state index is 11.8. The molecule has 0 bridgehead atoms.